The van der Waals surface area contributed by atoms with Gasteiger partial charge in [0.25, 0.3) is 5.91 Å². The summed E-state index contributed by atoms with van der Waals surface area (Å²) in [7, 11) is 0. The molecule has 2 rings (SSSR count). The van der Waals surface area contributed by atoms with Gasteiger partial charge in [-0.15, -0.1) is 0 Å². The zero-order valence-corrected chi connectivity index (χ0v) is 12.4. The van der Waals surface area contributed by atoms with E-state index < -0.39 is 0 Å². The molecule has 1 heterocycles. The van der Waals surface area contributed by atoms with E-state index in [4.69, 9.17) is 10.8 Å². The van der Waals surface area contributed by atoms with E-state index in [0.29, 0.717) is 18.5 Å². The van der Waals surface area contributed by atoms with E-state index in [1.165, 1.54) is 18.3 Å². The Balaban J connectivity index is 1.76. The summed E-state index contributed by atoms with van der Waals surface area (Å²) >= 11 is 0. The average Bonchev–Trinajstić information content (AvgIpc) is 2.50. The van der Waals surface area contributed by atoms with Crippen LogP contribution in [0.4, 0.5) is 0 Å². The van der Waals surface area contributed by atoms with Gasteiger partial charge in [0, 0.05) is 37.3 Å². The summed E-state index contributed by atoms with van der Waals surface area (Å²) in [6.45, 7) is 0.359. The molecule has 1 aromatic heterocycles. The first-order valence-corrected chi connectivity index (χ1v) is 7.54. The Kier molecular flexibility index (Phi) is 5.71. The maximum atomic E-state index is 12.1. The fourth-order valence-electron chi connectivity index (χ4n) is 2.60. The largest absolute Gasteiger partial charge is 0.493 e. The van der Waals surface area contributed by atoms with Crippen LogP contribution in [-0.2, 0) is 4.79 Å². The lowest BCUT2D eigenvalue weighted by Crippen LogP contribution is -2.44. The molecule has 5 N–H and O–H groups in total. The summed E-state index contributed by atoms with van der Waals surface area (Å²) in [4.78, 5) is 27.2. The van der Waals surface area contributed by atoms with Crippen molar-refractivity contribution in [1.29, 1.82) is 0 Å². The highest BCUT2D eigenvalue weighted by Gasteiger charge is 2.23. The van der Waals surface area contributed by atoms with Crippen molar-refractivity contribution in [2.75, 3.05) is 6.54 Å². The summed E-state index contributed by atoms with van der Waals surface area (Å²) in [6.07, 6.45) is 5.04. The summed E-state index contributed by atoms with van der Waals surface area (Å²) in [5, 5.41) is 15.0. The Morgan fingerprint density at radius 1 is 1.18 bits per heavy atom. The monoisotopic (exact) mass is 306 g/mol. The number of carbonyl (C=O) groups excluding carboxylic acids is 2. The molecule has 22 heavy (non-hydrogen) atoms. The second-order valence-corrected chi connectivity index (χ2v) is 5.53. The minimum atomic E-state index is -0.192. The lowest BCUT2D eigenvalue weighted by molar-refractivity contribution is -0.121. The molecule has 0 unspecified atom stereocenters. The second-order valence-electron chi connectivity index (χ2n) is 5.53. The Hall–Kier alpha value is -2.15. The SMILES string of the molecule is NCCC(=O)N[C@H]1CC[C@H](NC(=O)c2ccc(O)nc2)CC1. The molecule has 0 aromatic carbocycles. The summed E-state index contributed by atoms with van der Waals surface area (Å²) in [6, 6.07) is 3.20. The third kappa shape index (κ3) is 4.70. The maximum Gasteiger partial charge on any atom is 0.253 e. The van der Waals surface area contributed by atoms with Crippen molar-refractivity contribution in [2.45, 2.75) is 44.2 Å². The maximum absolute atomic E-state index is 12.1. The molecule has 120 valence electrons. The lowest BCUT2D eigenvalue weighted by atomic mass is 9.91. The molecule has 1 fully saturated rings. The summed E-state index contributed by atoms with van der Waals surface area (Å²) < 4.78 is 0. The molecule has 0 aliphatic heterocycles. The standard InChI is InChI=1S/C15H22N4O3/c16-8-7-14(21)18-11-2-4-12(5-3-11)19-15(22)10-1-6-13(20)17-9-10/h1,6,9,11-12H,2-5,7-8,16H2,(H,17,20)(H,18,21)(H,19,22)/t11-,12-. The van der Waals surface area contributed by atoms with Gasteiger partial charge in [-0.3, -0.25) is 9.59 Å². The van der Waals surface area contributed by atoms with E-state index in [-0.39, 0.29) is 29.8 Å². The quantitative estimate of drug-likeness (QED) is 0.624. The third-order valence-corrected chi connectivity index (χ3v) is 3.81. The van der Waals surface area contributed by atoms with Crippen LogP contribution in [0.5, 0.6) is 5.88 Å². The second kappa shape index (κ2) is 7.74. The van der Waals surface area contributed by atoms with E-state index in [9.17, 15) is 9.59 Å². The molecule has 0 bridgehead atoms. The van der Waals surface area contributed by atoms with Crippen LogP contribution in [0.15, 0.2) is 18.3 Å². The molecule has 1 aromatic rings. The number of pyridine rings is 1. The molecule has 1 aliphatic carbocycles. The molecular weight excluding hydrogens is 284 g/mol. The van der Waals surface area contributed by atoms with Crippen LogP contribution in [0.1, 0.15) is 42.5 Å². The van der Waals surface area contributed by atoms with Gasteiger partial charge in [0.1, 0.15) is 0 Å². The van der Waals surface area contributed by atoms with Gasteiger partial charge in [0.15, 0.2) is 0 Å². The van der Waals surface area contributed by atoms with Crippen molar-refractivity contribution in [3.05, 3.63) is 23.9 Å². The molecule has 1 aliphatic rings. The van der Waals surface area contributed by atoms with Crippen LogP contribution in [0.25, 0.3) is 0 Å². The molecule has 7 heteroatoms. The van der Waals surface area contributed by atoms with Gasteiger partial charge < -0.3 is 21.5 Å². The van der Waals surface area contributed by atoms with Crippen LogP contribution in [0, 0.1) is 0 Å². The Labute approximate surface area is 129 Å². The first kappa shape index (κ1) is 16.2. The zero-order valence-electron chi connectivity index (χ0n) is 12.4. The summed E-state index contributed by atoms with van der Waals surface area (Å²) in [5.41, 5.74) is 5.77. The van der Waals surface area contributed by atoms with Gasteiger partial charge in [-0.2, -0.15) is 0 Å². The number of hydrogen-bond donors (Lipinski definition) is 4. The molecule has 0 atom stereocenters. The van der Waals surface area contributed by atoms with Gasteiger partial charge in [-0.1, -0.05) is 0 Å². The highest BCUT2D eigenvalue weighted by Crippen LogP contribution is 2.19. The molecule has 0 saturated heterocycles. The van der Waals surface area contributed by atoms with Crippen LogP contribution >= 0.6 is 0 Å². The van der Waals surface area contributed by atoms with Gasteiger partial charge in [-0.05, 0) is 31.7 Å². The fraction of sp³-hybridized carbons (Fsp3) is 0.533. The molecule has 1 saturated carbocycles. The van der Waals surface area contributed by atoms with Gasteiger partial charge in [-0.25, -0.2) is 4.98 Å². The predicted octanol–water partition coefficient (Wildman–Crippen LogP) is 0.293. The van der Waals surface area contributed by atoms with Crippen molar-refractivity contribution in [2.24, 2.45) is 5.73 Å². The molecule has 7 nitrogen and oxygen atoms in total. The average molecular weight is 306 g/mol. The number of aromatic nitrogens is 1. The highest BCUT2D eigenvalue weighted by molar-refractivity contribution is 5.94. The van der Waals surface area contributed by atoms with Crippen molar-refractivity contribution >= 4 is 11.8 Å². The van der Waals surface area contributed by atoms with Crippen molar-refractivity contribution in [1.82, 2.24) is 15.6 Å². The Bertz CT molecular complexity index is 510. The zero-order chi connectivity index (χ0) is 15.9. The first-order valence-electron chi connectivity index (χ1n) is 7.54. The van der Waals surface area contributed by atoms with Crippen LogP contribution in [-0.4, -0.2) is 40.5 Å². The molecule has 2 amide bonds. The van der Waals surface area contributed by atoms with Gasteiger partial charge in [0.05, 0.1) is 5.56 Å². The minimum Gasteiger partial charge on any atom is -0.493 e. The van der Waals surface area contributed by atoms with E-state index in [0.717, 1.165) is 25.7 Å². The number of nitrogens with two attached hydrogens (primary N) is 1. The van der Waals surface area contributed by atoms with E-state index >= 15 is 0 Å². The molecule has 0 radical (unpaired) electrons. The third-order valence-electron chi connectivity index (χ3n) is 3.81. The van der Waals surface area contributed by atoms with Gasteiger partial charge >= 0.3 is 0 Å². The molecule has 0 spiro atoms. The number of nitrogens with zero attached hydrogens (tertiary/aromatic N) is 1. The van der Waals surface area contributed by atoms with E-state index in [1.54, 1.807) is 0 Å². The Morgan fingerprint density at radius 3 is 2.36 bits per heavy atom. The highest BCUT2D eigenvalue weighted by atomic mass is 16.3. The Morgan fingerprint density at radius 2 is 1.82 bits per heavy atom. The number of rotatable bonds is 5. The number of aromatic hydroxyl groups is 1. The van der Waals surface area contributed by atoms with Crippen molar-refractivity contribution in [3.63, 3.8) is 0 Å². The number of nitrogens with one attached hydrogen (secondary N) is 2. The van der Waals surface area contributed by atoms with Crippen LogP contribution in [0.2, 0.25) is 0 Å². The minimum absolute atomic E-state index is 0.00912. The lowest BCUT2D eigenvalue weighted by Gasteiger charge is -2.29. The fourth-order valence-corrected chi connectivity index (χ4v) is 2.60. The first-order chi connectivity index (χ1) is 10.6. The normalized spacial score (nSPS) is 21.1. The topological polar surface area (TPSA) is 117 Å². The number of hydrogen-bond acceptors (Lipinski definition) is 5. The van der Waals surface area contributed by atoms with Gasteiger partial charge in [0.2, 0.25) is 11.8 Å². The van der Waals surface area contributed by atoms with Crippen molar-refractivity contribution < 1.29 is 14.7 Å². The smallest absolute Gasteiger partial charge is 0.253 e. The predicted molar refractivity (Wildman–Crippen MR) is 81.2 cm³/mol. The van der Waals surface area contributed by atoms with Crippen LogP contribution in [0.3, 0.4) is 0 Å². The summed E-state index contributed by atoms with van der Waals surface area (Å²) in [5.74, 6) is -0.307. The van der Waals surface area contributed by atoms with Crippen molar-refractivity contribution in [3.8, 4) is 5.88 Å². The van der Waals surface area contributed by atoms with E-state index in [1.807, 2.05) is 0 Å². The van der Waals surface area contributed by atoms with E-state index in [2.05, 4.69) is 15.6 Å². The van der Waals surface area contributed by atoms with Crippen LogP contribution < -0.4 is 16.4 Å². The number of carbonyl (C=O) groups is 2. The number of amides is 2. The molecular formula is C15H22N4O3.